The molecule has 1 aliphatic rings. The van der Waals surface area contributed by atoms with E-state index in [1.165, 1.54) is 12.1 Å². The first-order chi connectivity index (χ1) is 18.0. The van der Waals surface area contributed by atoms with Crippen molar-refractivity contribution in [2.24, 2.45) is 0 Å². The number of aliphatic hydroxyl groups is 1. The van der Waals surface area contributed by atoms with Gasteiger partial charge in [-0.15, -0.1) is 0 Å². The minimum atomic E-state index is -0.633. The summed E-state index contributed by atoms with van der Waals surface area (Å²) in [5.41, 5.74) is 7.30. The topological polar surface area (TPSA) is 139 Å². The van der Waals surface area contributed by atoms with E-state index in [9.17, 15) is 9.59 Å². The van der Waals surface area contributed by atoms with Gasteiger partial charge in [0.1, 0.15) is 34.5 Å². The zero-order valence-corrected chi connectivity index (χ0v) is 20.0. The number of fused-ring (bicyclic) bond motifs is 1. The van der Waals surface area contributed by atoms with Crippen molar-refractivity contribution in [3.8, 4) is 11.3 Å². The third-order valence-corrected chi connectivity index (χ3v) is 6.47. The van der Waals surface area contributed by atoms with Crippen molar-refractivity contribution < 1.29 is 19.1 Å². The number of nitrogens with zero attached hydrogens (tertiary/aromatic N) is 5. The first-order valence-corrected chi connectivity index (χ1v) is 12.0. The molecular weight excluding hydrogens is 477 g/mol. The van der Waals surface area contributed by atoms with Gasteiger partial charge in [0.25, 0.3) is 5.91 Å². The van der Waals surface area contributed by atoms with Gasteiger partial charge in [0.2, 0.25) is 5.91 Å². The van der Waals surface area contributed by atoms with Crippen LogP contribution in [0.1, 0.15) is 41.4 Å². The predicted octanol–water partition coefficient (Wildman–Crippen LogP) is 2.85. The number of pyridine rings is 1. The number of aromatic nitrogens is 4. The van der Waals surface area contributed by atoms with Gasteiger partial charge < -0.3 is 21.1 Å². The molecule has 10 nitrogen and oxygen atoms in total. The molecule has 0 bridgehead atoms. The Morgan fingerprint density at radius 1 is 1.19 bits per heavy atom. The summed E-state index contributed by atoms with van der Waals surface area (Å²) in [6.07, 6.45) is 6.46. The zero-order valence-electron chi connectivity index (χ0n) is 20.0. The van der Waals surface area contributed by atoms with Crippen LogP contribution in [0.5, 0.6) is 0 Å². The maximum atomic E-state index is 15.4. The van der Waals surface area contributed by atoms with Crippen LogP contribution in [0.4, 0.5) is 16.0 Å². The molecule has 0 radical (unpaired) electrons. The van der Waals surface area contributed by atoms with Gasteiger partial charge in [-0.3, -0.25) is 14.0 Å². The molecule has 1 unspecified atom stereocenters. The molecule has 3 aromatic heterocycles. The molecule has 11 heteroatoms. The number of carbonyl (C=O) groups is 2. The lowest BCUT2D eigenvalue weighted by atomic mass is 9.97. The van der Waals surface area contributed by atoms with E-state index in [-0.39, 0.29) is 41.8 Å². The summed E-state index contributed by atoms with van der Waals surface area (Å²) >= 11 is 0. The summed E-state index contributed by atoms with van der Waals surface area (Å²) in [5, 5.41) is 11.8. The number of hydrogen-bond donors (Lipinski definition) is 3. The standard InChI is InChI=1S/C26H26FN7O3/c27-19-14-16(26(37)31-20-5-1-2-9-29-20)6-7-18(19)22-23-24(28)30-10-12-34(23)25(32-22)17-4-3-11-33(15-17)21(36)8-13-35/h1-2,5-7,9-10,12,14,17,35H,3-4,8,11,13,15H2,(H2,28,30)(H,29,31,37). The number of rotatable bonds is 6. The van der Waals surface area contributed by atoms with Crippen molar-refractivity contribution in [1.82, 2.24) is 24.3 Å². The van der Waals surface area contributed by atoms with Crippen LogP contribution >= 0.6 is 0 Å². The van der Waals surface area contributed by atoms with Crippen LogP contribution in [0.15, 0.2) is 55.0 Å². The Morgan fingerprint density at radius 2 is 2.05 bits per heavy atom. The van der Waals surface area contributed by atoms with Crippen LogP contribution in [-0.2, 0) is 4.79 Å². The van der Waals surface area contributed by atoms with Crippen LogP contribution in [0.25, 0.3) is 16.8 Å². The molecule has 0 saturated carbocycles. The molecule has 1 fully saturated rings. The second kappa shape index (κ2) is 10.3. The Labute approximate surface area is 212 Å². The Bertz CT molecular complexity index is 1460. The van der Waals surface area contributed by atoms with E-state index in [1.807, 2.05) is 0 Å². The number of halogens is 1. The van der Waals surface area contributed by atoms with Gasteiger partial charge in [-0.2, -0.15) is 0 Å². The van der Waals surface area contributed by atoms with Gasteiger partial charge in [0.15, 0.2) is 0 Å². The lowest BCUT2D eigenvalue weighted by molar-refractivity contribution is -0.133. The Morgan fingerprint density at radius 3 is 2.81 bits per heavy atom. The summed E-state index contributed by atoms with van der Waals surface area (Å²) in [6.45, 7) is 0.856. The number of piperidine rings is 1. The SMILES string of the molecule is Nc1nccn2c(C3CCCN(C(=O)CCO)C3)nc(-c3ccc(C(=O)Nc4ccccn4)cc3F)c12. The van der Waals surface area contributed by atoms with E-state index in [4.69, 9.17) is 15.8 Å². The zero-order chi connectivity index (χ0) is 25.9. The summed E-state index contributed by atoms with van der Waals surface area (Å²) in [4.78, 5) is 39.7. The first-order valence-electron chi connectivity index (χ1n) is 12.0. The molecule has 190 valence electrons. The second-order valence-electron chi connectivity index (χ2n) is 8.87. The molecule has 2 amide bonds. The fourth-order valence-corrected chi connectivity index (χ4v) is 4.70. The lowest BCUT2D eigenvalue weighted by Gasteiger charge is -2.32. The van der Waals surface area contributed by atoms with Crippen molar-refractivity contribution in [2.75, 3.05) is 30.7 Å². The number of likely N-dealkylation sites (tertiary alicyclic amines) is 1. The number of benzene rings is 1. The molecule has 1 aromatic carbocycles. The maximum absolute atomic E-state index is 15.4. The van der Waals surface area contributed by atoms with Crippen molar-refractivity contribution in [2.45, 2.75) is 25.2 Å². The first kappa shape index (κ1) is 24.3. The molecule has 37 heavy (non-hydrogen) atoms. The number of nitrogens with one attached hydrogen (secondary N) is 1. The number of imidazole rings is 1. The highest BCUT2D eigenvalue weighted by Crippen LogP contribution is 2.35. The predicted molar refractivity (Wildman–Crippen MR) is 135 cm³/mol. The Balaban J connectivity index is 1.49. The number of nitrogen functional groups attached to an aromatic ring is 1. The van der Waals surface area contributed by atoms with Crippen LogP contribution < -0.4 is 11.1 Å². The normalized spacial score (nSPS) is 15.6. The average Bonchev–Trinajstić information content (AvgIpc) is 3.30. The van der Waals surface area contributed by atoms with E-state index in [1.54, 1.807) is 46.1 Å². The number of nitrogens with two attached hydrogens (primary N) is 1. The summed E-state index contributed by atoms with van der Waals surface area (Å²) in [7, 11) is 0. The Hall–Kier alpha value is -4.38. The maximum Gasteiger partial charge on any atom is 0.256 e. The van der Waals surface area contributed by atoms with Crippen molar-refractivity contribution in [3.63, 3.8) is 0 Å². The Kier molecular flexibility index (Phi) is 6.78. The second-order valence-corrected chi connectivity index (χ2v) is 8.87. The number of amides is 2. The molecule has 0 aliphatic carbocycles. The summed E-state index contributed by atoms with van der Waals surface area (Å²) in [5.74, 6) is -0.137. The average molecular weight is 504 g/mol. The number of hydrogen-bond acceptors (Lipinski definition) is 7. The third-order valence-electron chi connectivity index (χ3n) is 6.47. The molecule has 1 aliphatic heterocycles. The summed E-state index contributed by atoms with van der Waals surface area (Å²) in [6, 6.07) is 9.28. The molecule has 5 rings (SSSR count). The van der Waals surface area contributed by atoms with Gasteiger partial charge in [0.05, 0.1) is 6.61 Å². The minimum absolute atomic E-state index is 0.0721. The fourth-order valence-electron chi connectivity index (χ4n) is 4.70. The minimum Gasteiger partial charge on any atom is -0.396 e. The largest absolute Gasteiger partial charge is 0.396 e. The van der Waals surface area contributed by atoms with E-state index >= 15 is 4.39 Å². The van der Waals surface area contributed by atoms with Crippen LogP contribution in [0.2, 0.25) is 0 Å². The fraction of sp³-hybridized carbons (Fsp3) is 0.269. The van der Waals surface area contributed by atoms with Gasteiger partial charge >= 0.3 is 0 Å². The monoisotopic (exact) mass is 503 g/mol. The van der Waals surface area contributed by atoms with Gasteiger partial charge in [-0.25, -0.2) is 19.3 Å². The number of anilines is 2. The van der Waals surface area contributed by atoms with Crippen LogP contribution in [0, 0.1) is 5.82 Å². The molecule has 4 heterocycles. The third kappa shape index (κ3) is 4.85. The van der Waals surface area contributed by atoms with E-state index in [2.05, 4.69) is 15.3 Å². The highest BCUT2D eigenvalue weighted by atomic mass is 19.1. The molecule has 1 saturated heterocycles. The highest BCUT2D eigenvalue weighted by molar-refractivity contribution is 6.04. The van der Waals surface area contributed by atoms with Crippen LogP contribution in [-0.4, -0.2) is 60.9 Å². The molecular formula is C26H26FN7O3. The van der Waals surface area contributed by atoms with E-state index in [0.29, 0.717) is 35.9 Å². The summed E-state index contributed by atoms with van der Waals surface area (Å²) < 4.78 is 17.2. The van der Waals surface area contributed by atoms with Gasteiger partial charge in [-0.05, 0) is 43.2 Å². The quantitative estimate of drug-likeness (QED) is 0.368. The molecule has 0 spiro atoms. The number of carbonyl (C=O) groups excluding carboxylic acids is 2. The lowest BCUT2D eigenvalue weighted by Crippen LogP contribution is -2.39. The van der Waals surface area contributed by atoms with Crippen LogP contribution in [0.3, 0.4) is 0 Å². The van der Waals surface area contributed by atoms with Gasteiger partial charge in [-0.1, -0.05) is 6.07 Å². The molecule has 4 aromatic rings. The van der Waals surface area contributed by atoms with Crippen molar-refractivity contribution in [1.29, 1.82) is 0 Å². The van der Waals surface area contributed by atoms with Crippen molar-refractivity contribution >= 4 is 29.0 Å². The number of aliphatic hydroxyl groups excluding tert-OH is 1. The molecule has 4 N–H and O–H groups in total. The molecule has 1 atom stereocenters. The van der Waals surface area contributed by atoms with Crippen molar-refractivity contribution in [3.05, 3.63) is 72.2 Å². The van der Waals surface area contributed by atoms with Gasteiger partial charge in [0, 0.05) is 55.1 Å². The van der Waals surface area contributed by atoms with E-state index < -0.39 is 11.7 Å². The van der Waals surface area contributed by atoms with E-state index in [0.717, 1.165) is 18.9 Å². The highest BCUT2D eigenvalue weighted by Gasteiger charge is 2.29. The smallest absolute Gasteiger partial charge is 0.256 e.